The molecule has 3 saturated heterocycles. The maximum atomic E-state index is 12.4. The lowest BCUT2D eigenvalue weighted by atomic mass is 9.95. The second-order valence-corrected chi connectivity index (χ2v) is 14.7. The zero-order valence-electron chi connectivity index (χ0n) is 33.5. The molecule has 3 fully saturated rings. The van der Waals surface area contributed by atoms with E-state index in [1.807, 2.05) is 25.1 Å². The van der Waals surface area contributed by atoms with Crippen molar-refractivity contribution >= 4 is 17.6 Å². The molecule has 22 nitrogen and oxygen atoms in total. The van der Waals surface area contributed by atoms with Crippen LogP contribution in [0.4, 0.5) is 0 Å². The molecule has 3 aliphatic heterocycles. The van der Waals surface area contributed by atoms with Crippen LogP contribution in [0.2, 0.25) is 0 Å². The third-order valence-electron chi connectivity index (χ3n) is 10.1. The summed E-state index contributed by atoms with van der Waals surface area (Å²) in [7, 11) is 0. The summed E-state index contributed by atoms with van der Waals surface area (Å²) in [4.78, 5) is 36.5. The van der Waals surface area contributed by atoms with Gasteiger partial charge >= 0.3 is 0 Å². The standard InChI is InChI=1S/C38H60N2O20/c1-19-6-5-8-22(14-19)55-18-26(46)39-10-13-53-12-9-21(45)7-3-4-11-54-36-27(40-20(2)44)30(49)34(25(17-43)58-36)59-38-33(52)35(29(48)24(16-42)57-38)60-37-32(51)31(50)28(47)23(15-41)56-37/h5-6,8,14,23-25,27-38,41-43,47-52H,3-4,7,9-13,15-18H2,1-2H3,(H,39,46)(H,40,44)/t23?,24?,25?,27?,28-,29-,30+,31?,32-,33?,34+,35-,36+,37+,38-/m0/s1. The molecular weight excluding hydrogens is 804 g/mol. The number of carbonyl (C=O) groups excluding carboxylic acids is 3. The highest BCUT2D eigenvalue weighted by Gasteiger charge is 2.54. The van der Waals surface area contributed by atoms with Gasteiger partial charge < -0.3 is 94.5 Å². The third kappa shape index (κ3) is 14.0. The fourth-order valence-electron chi connectivity index (χ4n) is 6.79. The Kier molecular flexibility index (Phi) is 20.3. The van der Waals surface area contributed by atoms with Crippen molar-refractivity contribution in [2.75, 3.05) is 52.8 Å². The fraction of sp³-hybridized carbons (Fsp3) is 0.763. The molecule has 4 rings (SSSR count). The number of hydrogen-bond donors (Lipinski definition) is 11. The average molecular weight is 865 g/mol. The largest absolute Gasteiger partial charge is 0.484 e. The first-order chi connectivity index (χ1) is 28.7. The van der Waals surface area contributed by atoms with E-state index in [9.17, 15) is 60.3 Å². The Morgan fingerprint density at radius 1 is 0.700 bits per heavy atom. The van der Waals surface area contributed by atoms with Gasteiger partial charge in [0.05, 0.1) is 33.0 Å². The van der Waals surface area contributed by atoms with Gasteiger partial charge in [0.1, 0.15) is 84.7 Å². The summed E-state index contributed by atoms with van der Waals surface area (Å²) in [5.41, 5.74) is 1.01. The summed E-state index contributed by atoms with van der Waals surface area (Å²) < 4.78 is 44.9. The Hall–Kier alpha value is -3.01. The molecule has 11 N–H and O–H groups in total. The minimum absolute atomic E-state index is 0.0195. The monoisotopic (exact) mass is 864 g/mol. The van der Waals surface area contributed by atoms with E-state index in [-0.39, 0.29) is 57.5 Å². The van der Waals surface area contributed by atoms with E-state index < -0.39 is 118 Å². The minimum atomic E-state index is -1.95. The van der Waals surface area contributed by atoms with Crippen LogP contribution in [0.5, 0.6) is 5.75 Å². The molecule has 0 saturated carbocycles. The van der Waals surface area contributed by atoms with Gasteiger partial charge in [0.15, 0.2) is 25.5 Å². The van der Waals surface area contributed by atoms with E-state index in [1.165, 1.54) is 6.92 Å². The van der Waals surface area contributed by atoms with E-state index in [4.69, 9.17) is 37.9 Å². The van der Waals surface area contributed by atoms with E-state index in [1.54, 1.807) is 6.07 Å². The maximum Gasteiger partial charge on any atom is 0.258 e. The quantitative estimate of drug-likeness (QED) is 0.0460. The molecule has 60 heavy (non-hydrogen) atoms. The van der Waals surface area contributed by atoms with Crippen LogP contribution in [0.1, 0.15) is 38.2 Å². The number of aryl methyl sites for hydroxylation is 1. The zero-order chi connectivity index (χ0) is 43.9. The number of nitrogens with one attached hydrogen (secondary N) is 2. The van der Waals surface area contributed by atoms with Crippen LogP contribution in [-0.4, -0.2) is 208 Å². The van der Waals surface area contributed by atoms with Crippen LogP contribution in [0.15, 0.2) is 24.3 Å². The van der Waals surface area contributed by atoms with Crippen molar-refractivity contribution < 1.29 is 98.2 Å². The van der Waals surface area contributed by atoms with Crippen molar-refractivity contribution in [2.45, 2.75) is 132 Å². The Bertz CT molecular complexity index is 1480. The number of Topliss-reactive ketones (excluding diaryl/α,β-unsaturated/α-hetero) is 1. The minimum Gasteiger partial charge on any atom is -0.484 e. The molecule has 0 aliphatic carbocycles. The first kappa shape index (κ1) is 49.6. The van der Waals surface area contributed by atoms with Crippen LogP contribution < -0.4 is 15.4 Å². The van der Waals surface area contributed by atoms with Gasteiger partial charge in [-0.2, -0.15) is 0 Å². The predicted molar refractivity (Wildman–Crippen MR) is 201 cm³/mol. The second kappa shape index (κ2) is 24.6. The summed E-state index contributed by atoms with van der Waals surface area (Å²) in [6.07, 6.45) is -22.2. The first-order valence-electron chi connectivity index (χ1n) is 19.8. The van der Waals surface area contributed by atoms with Crippen LogP contribution in [0.25, 0.3) is 0 Å². The van der Waals surface area contributed by atoms with Gasteiger partial charge in [0, 0.05) is 32.9 Å². The molecule has 3 heterocycles. The molecule has 1 aromatic carbocycles. The number of carbonyl (C=O) groups is 3. The van der Waals surface area contributed by atoms with Gasteiger partial charge in [-0.1, -0.05) is 12.1 Å². The molecule has 22 heteroatoms. The molecule has 2 amide bonds. The highest BCUT2D eigenvalue weighted by Crippen LogP contribution is 2.33. The molecular formula is C38H60N2O20. The maximum absolute atomic E-state index is 12.4. The number of aliphatic hydroxyl groups excluding tert-OH is 9. The number of aliphatic hydroxyl groups is 9. The SMILES string of the molecule is CC(=O)NC1[C@H](OCCCCC(=O)CCOCCNC(=O)COc2cccc(C)c2)OC(CO)[C@@H](O[C@@H]2OC(CO)[C@H](O)[C@H](O[C@H]3OC(CO)[C@H](O)C(O)[C@@H]3O)C2O)[C@@H]1O. The van der Waals surface area contributed by atoms with Crippen LogP contribution in [-0.2, 0) is 47.5 Å². The molecule has 15 atom stereocenters. The Morgan fingerprint density at radius 3 is 2.02 bits per heavy atom. The molecule has 3 aliphatic rings. The lowest BCUT2D eigenvalue weighted by Crippen LogP contribution is -2.68. The Morgan fingerprint density at radius 2 is 1.35 bits per heavy atom. The summed E-state index contributed by atoms with van der Waals surface area (Å²) in [6, 6.07) is 6.04. The number of amides is 2. The van der Waals surface area contributed by atoms with Gasteiger partial charge in [-0.3, -0.25) is 14.4 Å². The zero-order valence-corrected chi connectivity index (χ0v) is 33.5. The Labute approximate surface area is 346 Å². The fourth-order valence-corrected chi connectivity index (χ4v) is 6.79. The van der Waals surface area contributed by atoms with Crippen molar-refractivity contribution in [3.8, 4) is 5.75 Å². The number of ketones is 1. The number of ether oxygens (including phenoxy) is 8. The number of unbranched alkanes of at least 4 members (excludes halogenated alkanes) is 1. The summed E-state index contributed by atoms with van der Waals surface area (Å²) in [5.74, 6) is -0.364. The van der Waals surface area contributed by atoms with Crippen molar-refractivity contribution in [3.63, 3.8) is 0 Å². The summed E-state index contributed by atoms with van der Waals surface area (Å²) in [6.45, 7) is 1.21. The van der Waals surface area contributed by atoms with Crippen molar-refractivity contribution in [1.29, 1.82) is 0 Å². The van der Waals surface area contributed by atoms with Crippen LogP contribution >= 0.6 is 0 Å². The van der Waals surface area contributed by atoms with Crippen LogP contribution in [0, 0.1) is 6.92 Å². The molecule has 0 spiro atoms. The molecule has 0 aromatic heterocycles. The highest BCUT2D eigenvalue weighted by molar-refractivity contribution is 5.78. The van der Waals surface area contributed by atoms with E-state index >= 15 is 0 Å². The molecule has 342 valence electrons. The van der Waals surface area contributed by atoms with Gasteiger partial charge in [0.2, 0.25) is 5.91 Å². The summed E-state index contributed by atoms with van der Waals surface area (Å²) >= 11 is 0. The smallest absolute Gasteiger partial charge is 0.258 e. The van der Waals surface area contributed by atoms with Gasteiger partial charge in [0.25, 0.3) is 5.91 Å². The first-order valence-corrected chi connectivity index (χ1v) is 19.8. The van der Waals surface area contributed by atoms with Crippen molar-refractivity contribution in [3.05, 3.63) is 29.8 Å². The topological polar surface area (TPSA) is 331 Å². The Balaban J connectivity index is 1.22. The van der Waals surface area contributed by atoms with E-state index in [2.05, 4.69) is 10.6 Å². The van der Waals surface area contributed by atoms with Crippen molar-refractivity contribution in [2.24, 2.45) is 0 Å². The van der Waals surface area contributed by atoms with Gasteiger partial charge in [-0.15, -0.1) is 0 Å². The van der Waals surface area contributed by atoms with Crippen molar-refractivity contribution in [1.82, 2.24) is 10.6 Å². The predicted octanol–water partition coefficient (Wildman–Crippen LogP) is -4.76. The molecule has 1 aromatic rings. The van der Waals surface area contributed by atoms with E-state index in [0.717, 1.165) is 5.56 Å². The lowest BCUT2D eigenvalue weighted by Gasteiger charge is -2.48. The average Bonchev–Trinajstić information content (AvgIpc) is 3.22. The number of rotatable bonds is 23. The number of hydrogen-bond acceptors (Lipinski definition) is 20. The van der Waals surface area contributed by atoms with Gasteiger partial charge in [-0.25, -0.2) is 0 Å². The lowest BCUT2D eigenvalue weighted by molar-refractivity contribution is -0.376. The molecule has 6 unspecified atom stereocenters. The molecule has 0 radical (unpaired) electrons. The van der Waals surface area contributed by atoms with E-state index in [0.29, 0.717) is 18.6 Å². The van der Waals surface area contributed by atoms with Gasteiger partial charge in [-0.05, 0) is 37.5 Å². The molecule has 0 bridgehead atoms. The summed E-state index contributed by atoms with van der Waals surface area (Å²) in [5, 5.41) is 99.1. The number of benzene rings is 1. The third-order valence-corrected chi connectivity index (χ3v) is 10.1. The highest BCUT2D eigenvalue weighted by atomic mass is 16.8. The normalized spacial score (nSPS) is 34.5. The van der Waals surface area contributed by atoms with Crippen LogP contribution in [0.3, 0.4) is 0 Å². The second-order valence-electron chi connectivity index (χ2n) is 14.7.